The van der Waals surface area contributed by atoms with Gasteiger partial charge in [-0.25, -0.2) is 0 Å². The zero-order chi connectivity index (χ0) is 37.7. The van der Waals surface area contributed by atoms with Crippen LogP contribution in [0.15, 0.2) is 91.2 Å². The molecule has 0 saturated carbocycles. The Morgan fingerprint density at radius 3 is 2.02 bits per heavy atom. The van der Waals surface area contributed by atoms with Crippen molar-refractivity contribution >= 4 is 21.9 Å². The molecule has 274 valence electrons. The van der Waals surface area contributed by atoms with Crippen molar-refractivity contribution in [3.63, 3.8) is 0 Å². The molecule has 0 amide bonds. The fraction of sp³-hybridized carbons (Fsp3) is 0.211. The fourth-order valence-electron chi connectivity index (χ4n) is 6.26. The van der Waals surface area contributed by atoms with Gasteiger partial charge in [0.05, 0.1) is 26.4 Å². The van der Waals surface area contributed by atoms with E-state index < -0.39 is 53.9 Å². The van der Waals surface area contributed by atoms with Crippen LogP contribution in [0.5, 0.6) is 34.5 Å². The summed E-state index contributed by atoms with van der Waals surface area (Å²) >= 11 is 0. The quantitative estimate of drug-likeness (QED) is 0.119. The first-order valence-corrected chi connectivity index (χ1v) is 16.1. The summed E-state index contributed by atoms with van der Waals surface area (Å²) in [6.45, 7) is -0.748. The lowest BCUT2D eigenvalue weighted by Crippen LogP contribution is -2.60. The topological polar surface area (TPSA) is 239 Å². The molecular formula is C38H32O15. The maximum absolute atomic E-state index is 13.7. The van der Waals surface area contributed by atoms with Crippen molar-refractivity contribution in [1.29, 1.82) is 0 Å². The number of benzene rings is 4. The first-order chi connectivity index (χ1) is 25.4. The molecule has 1 aliphatic heterocycles. The van der Waals surface area contributed by atoms with Gasteiger partial charge in [-0.1, -0.05) is 0 Å². The number of hydrogen-bond donors (Lipinski definition) is 7. The Morgan fingerprint density at radius 1 is 0.679 bits per heavy atom. The Bertz CT molecular complexity index is 2470. The SMILES string of the molecule is COc1cc(O)c2c(=O)cc(-c3ccc(OC)c(-c4c(OC5OC(CO)C(O)C(O)C5O)cc(O)c5c(=O)cc(-c6ccc(O)cc6)oc45)c3)oc2c1. The number of fused-ring (bicyclic) bond motifs is 2. The minimum Gasteiger partial charge on any atom is -0.508 e. The zero-order valence-corrected chi connectivity index (χ0v) is 27.9. The van der Waals surface area contributed by atoms with Crippen molar-refractivity contribution in [2.45, 2.75) is 30.7 Å². The number of aliphatic hydroxyl groups is 4. The van der Waals surface area contributed by atoms with Crippen LogP contribution < -0.4 is 25.1 Å². The molecule has 7 N–H and O–H groups in total. The van der Waals surface area contributed by atoms with E-state index in [1.807, 2.05) is 0 Å². The van der Waals surface area contributed by atoms with E-state index in [1.54, 1.807) is 6.07 Å². The second-order valence-corrected chi connectivity index (χ2v) is 12.2. The number of hydrogen-bond acceptors (Lipinski definition) is 15. The van der Waals surface area contributed by atoms with Crippen molar-refractivity contribution in [3.05, 3.63) is 93.2 Å². The molecule has 5 atom stereocenters. The second-order valence-electron chi connectivity index (χ2n) is 12.2. The van der Waals surface area contributed by atoms with Crippen LogP contribution in [0.4, 0.5) is 0 Å². The largest absolute Gasteiger partial charge is 0.508 e. The molecule has 0 radical (unpaired) electrons. The standard InChI is InChI=1S/C38H32O15/c1-48-19-10-21(41)32-22(42)12-27(50-28(32)11-19)17-5-8-25(49-2)20(9-17)31-29(52-38-36(47)35(46)34(45)30(15-39)53-38)14-24(44)33-23(43)13-26(51-37(31)33)16-3-6-18(40)7-4-16/h3-14,30,34-36,38-41,44-47H,15H2,1-2H3. The summed E-state index contributed by atoms with van der Waals surface area (Å²) in [6, 6.07) is 16.5. The number of phenolic OH excluding ortho intramolecular Hbond substituents is 3. The molecule has 0 spiro atoms. The molecule has 6 aromatic rings. The molecule has 15 heteroatoms. The van der Waals surface area contributed by atoms with E-state index in [-0.39, 0.29) is 73.3 Å². The van der Waals surface area contributed by atoms with Crippen molar-refractivity contribution < 1.29 is 63.5 Å². The molecule has 0 aliphatic carbocycles. The summed E-state index contributed by atoms with van der Waals surface area (Å²) < 4.78 is 35.0. The number of rotatable bonds is 8. The van der Waals surface area contributed by atoms with Gasteiger partial charge in [0.1, 0.15) is 86.8 Å². The molecule has 1 fully saturated rings. The van der Waals surface area contributed by atoms with Crippen LogP contribution in [0.25, 0.3) is 55.7 Å². The lowest BCUT2D eigenvalue weighted by molar-refractivity contribution is -0.277. The fourth-order valence-corrected chi connectivity index (χ4v) is 6.26. The highest BCUT2D eigenvalue weighted by Crippen LogP contribution is 2.47. The predicted octanol–water partition coefficient (Wildman–Crippen LogP) is 3.21. The Kier molecular flexibility index (Phi) is 9.19. The van der Waals surface area contributed by atoms with Crippen molar-refractivity contribution in [3.8, 4) is 68.3 Å². The maximum Gasteiger partial charge on any atom is 0.229 e. The van der Waals surface area contributed by atoms with Crippen molar-refractivity contribution in [2.75, 3.05) is 20.8 Å². The lowest BCUT2D eigenvalue weighted by atomic mass is 9.96. The monoisotopic (exact) mass is 728 g/mol. The average molecular weight is 729 g/mol. The minimum absolute atomic E-state index is 0.0213. The van der Waals surface area contributed by atoms with Gasteiger partial charge in [-0.2, -0.15) is 0 Å². The van der Waals surface area contributed by atoms with E-state index in [9.17, 15) is 45.3 Å². The number of phenols is 3. The van der Waals surface area contributed by atoms with Gasteiger partial charge in [-0.05, 0) is 42.5 Å². The highest BCUT2D eigenvalue weighted by atomic mass is 16.7. The molecule has 7 rings (SSSR count). The summed E-state index contributed by atoms with van der Waals surface area (Å²) in [4.78, 5) is 26.9. The van der Waals surface area contributed by atoms with Crippen LogP contribution in [0.3, 0.4) is 0 Å². The number of methoxy groups -OCH3 is 2. The van der Waals surface area contributed by atoms with Gasteiger partial charge < -0.3 is 63.5 Å². The Balaban J connectivity index is 1.50. The van der Waals surface area contributed by atoms with Crippen LogP contribution in [0.1, 0.15) is 0 Å². The predicted molar refractivity (Wildman–Crippen MR) is 187 cm³/mol. The first-order valence-electron chi connectivity index (χ1n) is 16.1. The van der Waals surface area contributed by atoms with Crippen molar-refractivity contribution in [1.82, 2.24) is 0 Å². The second kappa shape index (κ2) is 13.8. The highest BCUT2D eigenvalue weighted by Gasteiger charge is 2.45. The summed E-state index contributed by atoms with van der Waals surface area (Å²) in [5.41, 5.74) is -0.658. The molecular weight excluding hydrogens is 696 g/mol. The van der Waals surface area contributed by atoms with Crippen LogP contribution in [-0.2, 0) is 4.74 Å². The lowest BCUT2D eigenvalue weighted by Gasteiger charge is -2.39. The summed E-state index contributed by atoms with van der Waals surface area (Å²) in [6.07, 6.45) is -8.44. The first kappa shape index (κ1) is 35.3. The molecule has 1 aliphatic rings. The minimum atomic E-state index is -1.86. The Morgan fingerprint density at radius 2 is 1.34 bits per heavy atom. The smallest absolute Gasteiger partial charge is 0.229 e. The third-order valence-electron chi connectivity index (χ3n) is 8.96. The molecule has 4 aromatic carbocycles. The number of aliphatic hydroxyl groups excluding tert-OH is 4. The molecule has 1 saturated heterocycles. The van der Waals surface area contributed by atoms with E-state index in [0.29, 0.717) is 11.1 Å². The number of aromatic hydroxyl groups is 3. The summed E-state index contributed by atoms with van der Waals surface area (Å²) in [5.74, 6) is -0.784. The van der Waals surface area contributed by atoms with Crippen LogP contribution >= 0.6 is 0 Å². The van der Waals surface area contributed by atoms with E-state index >= 15 is 0 Å². The van der Waals surface area contributed by atoms with Gasteiger partial charge in [-0.15, -0.1) is 0 Å². The van der Waals surface area contributed by atoms with Crippen LogP contribution in [-0.4, -0.2) is 87.3 Å². The third kappa shape index (κ3) is 6.26. The van der Waals surface area contributed by atoms with Gasteiger partial charge in [0.2, 0.25) is 6.29 Å². The Hall–Kier alpha value is -6.10. The normalized spacial score (nSPS) is 20.1. The van der Waals surface area contributed by atoms with Gasteiger partial charge in [-0.3, -0.25) is 9.59 Å². The Labute approximate surface area is 298 Å². The van der Waals surface area contributed by atoms with Gasteiger partial charge >= 0.3 is 0 Å². The summed E-state index contributed by atoms with van der Waals surface area (Å²) in [5, 5.41) is 72.7. The molecule has 0 bridgehead atoms. The highest BCUT2D eigenvalue weighted by molar-refractivity contribution is 6.01. The van der Waals surface area contributed by atoms with Gasteiger partial charge in [0.15, 0.2) is 16.4 Å². The molecule has 3 heterocycles. The van der Waals surface area contributed by atoms with Crippen LogP contribution in [0, 0.1) is 0 Å². The van der Waals surface area contributed by atoms with E-state index in [0.717, 1.165) is 12.1 Å². The maximum atomic E-state index is 13.7. The molecule has 5 unspecified atom stereocenters. The molecule has 2 aromatic heterocycles. The number of ether oxygens (including phenoxy) is 4. The zero-order valence-electron chi connectivity index (χ0n) is 27.9. The van der Waals surface area contributed by atoms with E-state index in [2.05, 4.69) is 0 Å². The third-order valence-corrected chi connectivity index (χ3v) is 8.96. The molecule has 15 nitrogen and oxygen atoms in total. The van der Waals surface area contributed by atoms with Crippen molar-refractivity contribution in [2.24, 2.45) is 0 Å². The molecule has 53 heavy (non-hydrogen) atoms. The van der Waals surface area contributed by atoms with Gasteiger partial charge in [0, 0.05) is 47.0 Å². The summed E-state index contributed by atoms with van der Waals surface area (Å²) in [7, 11) is 2.75. The average Bonchev–Trinajstić information content (AvgIpc) is 3.14. The van der Waals surface area contributed by atoms with E-state index in [1.165, 1.54) is 68.8 Å². The van der Waals surface area contributed by atoms with E-state index in [4.69, 9.17) is 27.8 Å². The van der Waals surface area contributed by atoms with Gasteiger partial charge in [0.25, 0.3) is 0 Å². The van der Waals surface area contributed by atoms with Crippen LogP contribution in [0.2, 0.25) is 0 Å².